The molecular formula is C22H25N3O5. The molecule has 1 N–H and O–H groups in total. The third kappa shape index (κ3) is 3.53. The molecule has 2 aromatic heterocycles. The molecule has 0 atom stereocenters. The highest BCUT2D eigenvalue weighted by Gasteiger charge is 2.34. The van der Waals surface area contributed by atoms with E-state index in [0.29, 0.717) is 11.8 Å². The summed E-state index contributed by atoms with van der Waals surface area (Å²) in [6.07, 6.45) is 6.56. The number of rotatable bonds is 5. The minimum Gasteiger partial charge on any atom is -0.463 e. The summed E-state index contributed by atoms with van der Waals surface area (Å²) < 4.78 is 12.3. The average Bonchev–Trinajstić information content (AvgIpc) is 3.49. The number of amides is 3. The topological polar surface area (TPSA) is 93.8 Å². The van der Waals surface area contributed by atoms with Crippen molar-refractivity contribution in [3.05, 3.63) is 52.4 Å². The normalized spacial score (nSPS) is 18.5. The van der Waals surface area contributed by atoms with Gasteiger partial charge in [0.1, 0.15) is 11.5 Å². The van der Waals surface area contributed by atoms with E-state index < -0.39 is 17.9 Å². The number of carbonyl (C=O) groups is 3. The predicted octanol–water partition coefficient (Wildman–Crippen LogP) is 3.69. The zero-order valence-corrected chi connectivity index (χ0v) is 17.4. The molecule has 2 fully saturated rings. The van der Waals surface area contributed by atoms with Crippen molar-refractivity contribution in [3.8, 4) is 0 Å². The molecule has 1 saturated heterocycles. The molecule has 3 amide bonds. The van der Waals surface area contributed by atoms with E-state index in [1.165, 1.54) is 38.9 Å². The zero-order valence-electron chi connectivity index (χ0n) is 17.4. The molecule has 1 aliphatic carbocycles. The van der Waals surface area contributed by atoms with Crippen LogP contribution in [0.25, 0.3) is 6.08 Å². The van der Waals surface area contributed by atoms with Crippen LogP contribution in [0.15, 0.2) is 28.3 Å². The lowest BCUT2D eigenvalue weighted by molar-refractivity contribution is -0.123. The first-order valence-electron chi connectivity index (χ1n) is 10.1. The number of hydrogen-bond acceptors (Lipinski definition) is 5. The number of esters is 1. The Bertz CT molecular complexity index is 1040. The van der Waals surface area contributed by atoms with Gasteiger partial charge < -0.3 is 19.0 Å². The van der Waals surface area contributed by atoms with Gasteiger partial charge in [-0.3, -0.25) is 9.69 Å². The molecule has 1 aliphatic heterocycles. The molecule has 4 rings (SSSR count). The van der Waals surface area contributed by atoms with Crippen LogP contribution in [0.5, 0.6) is 0 Å². The maximum absolute atomic E-state index is 12.8. The minimum absolute atomic E-state index is 0.0228. The lowest BCUT2D eigenvalue weighted by Gasteiger charge is -2.17. The number of ether oxygens (including phenoxy) is 1. The summed E-state index contributed by atoms with van der Waals surface area (Å²) in [5, 5.41) is 2.64. The summed E-state index contributed by atoms with van der Waals surface area (Å²) in [5.74, 6) is -0.701. The fraction of sp³-hybridized carbons (Fsp3) is 0.409. The van der Waals surface area contributed by atoms with E-state index in [2.05, 4.69) is 27.6 Å². The van der Waals surface area contributed by atoms with Gasteiger partial charge in [0.2, 0.25) is 5.76 Å². The number of carbonyl (C=O) groups excluding carboxylic acids is 3. The van der Waals surface area contributed by atoms with E-state index in [0.717, 1.165) is 21.9 Å². The molecule has 3 heterocycles. The third-order valence-electron chi connectivity index (χ3n) is 5.84. The molecule has 1 saturated carbocycles. The highest BCUT2D eigenvalue weighted by Crippen LogP contribution is 2.34. The quantitative estimate of drug-likeness (QED) is 0.460. The van der Waals surface area contributed by atoms with Gasteiger partial charge >= 0.3 is 12.0 Å². The average molecular weight is 411 g/mol. The van der Waals surface area contributed by atoms with Gasteiger partial charge in [-0.2, -0.15) is 0 Å². The van der Waals surface area contributed by atoms with Crippen LogP contribution in [-0.2, 0) is 16.1 Å². The Kier molecular flexibility index (Phi) is 5.24. The van der Waals surface area contributed by atoms with Crippen molar-refractivity contribution in [2.75, 3.05) is 7.11 Å². The Morgan fingerprint density at radius 2 is 2.00 bits per heavy atom. The fourth-order valence-electron chi connectivity index (χ4n) is 4.37. The van der Waals surface area contributed by atoms with E-state index in [1.54, 1.807) is 12.1 Å². The van der Waals surface area contributed by atoms with Gasteiger partial charge in [0.25, 0.3) is 5.91 Å². The monoisotopic (exact) mass is 411 g/mol. The molecular weight excluding hydrogens is 386 g/mol. The van der Waals surface area contributed by atoms with E-state index in [1.807, 2.05) is 6.92 Å². The number of hydrogen-bond donors (Lipinski definition) is 1. The molecule has 158 valence electrons. The Labute approximate surface area is 174 Å². The Morgan fingerprint density at radius 1 is 1.27 bits per heavy atom. The molecule has 0 unspecified atom stereocenters. The van der Waals surface area contributed by atoms with Gasteiger partial charge in [0.15, 0.2) is 0 Å². The van der Waals surface area contributed by atoms with Crippen molar-refractivity contribution >= 4 is 24.0 Å². The minimum atomic E-state index is -0.614. The SMILES string of the molecule is COC(=O)c1ccc(CN2C(=O)N/C(=C\c3cc(C)n(C4CCCC4)c3C)C2=O)o1. The first-order chi connectivity index (χ1) is 14.4. The van der Waals surface area contributed by atoms with Crippen LogP contribution in [0.3, 0.4) is 0 Å². The molecule has 0 aromatic carbocycles. The number of nitrogens with one attached hydrogen (secondary N) is 1. The molecule has 0 radical (unpaired) electrons. The maximum Gasteiger partial charge on any atom is 0.373 e. The molecule has 8 heteroatoms. The maximum atomic E-state index is 12.8. The van der Waals surface area contributed by atoms with Gasteiger partial charge in [-0.25, -0.2) is 9.59 Å². The zero-order chi connectivity index (χ0) is 21.4. The highest BCUT2D eigenvalue weighted by atomic mass is 16.5. The summed E-state index contributed by atoms with van der Waals surface area (Å²) in [6.45, 7) is 4.05. The second-order valence-corrected chi connectivity index (χ2v) is 7.77. The van der Waals surface area contributed by atoms with Crippen LogP contribution in [0.1, 0.15) is 65.0 Å². The highest BCUT2D eigenvalue weighted by molar-refractivity contribution is 6.13. The van der Waals surface area contributed by atoms with Crippen LogP contribution < -0.4 is 5.32 Å². The second-order valence-electron chi connectivity index (χ2n) is 7.77. The van der Waals surface area contributed by atoms with Crippen molar-refractivity contribution in [2.24, 2.45) is 0 Å². The summed E-state index contributed by atoms with van der Waals surface area (Å²) in [4.78, 5) is 37.8. The van der Waals surface area contributed by atoms with E-state index in [9.17, 15) is 14.4 Å². The van der Waals surface area contributed by atoms with Crippen molar-refractivity contribution in [3.63, 3.8) is 0 Å². The van der Waals surface area contributed by atoms with Gasteiger partial charge in [-0.1, -0.05) is 12.8 Å². The first-order valence-corrected chi connectivity index (χ1v) is 10.1. The molecule has 30 heavy (non-hydrogen) atoms. The number of aryl methyl sites for hydroxylation is 1. The van der Waals surface area contributed by atoms with Gasteiger partial charge in [-0.15, -0.1) is 0 Å². The van der Waals surface area contributed by atoms with Crippen LogP contribution in [0, 0.1) is 13.8 Å². The summed E-state index contributed by atoms with van der Waals surface area (Å²) in [7, 11) is 1.25. The molecule has 0 spiro atoms. The summed E-state index contributed by atoms with van der Waals surface area (Å²) >= 11 is 0. The Hall–Kier alpha value is -3.29. The van der Waals surface area contributed by atoms with Crippen LogP contribution in [0.2, 0.25) is 0 Å². The fourth-order valence-corrected chi connectivity index (χ4v) is 4.37. The van der Waals surface area contributed by atoms with Crippen molar-refractivity contribution in [1.82, 2.24) is 14.8 Å². The standard InChI is InChI=1S/C22H25N3O5/c1-13-10-15(14(2)25(13)16-6-4-5-7-16)11-18-20(26)24(22(28)23-18)12-17-8-9-19(30-17)21(27)29-3/h8-11,16H,4-7,12H2,1-3H3,(H,23,28)/b18-11-. The number of aromatic nitrogens is 1. The number of nitrogens with zero attached hydrogens (tertiary/aromatic N) is 2. The van der Waals surface area contributed by atoms with Crippen molar-refractivity contribution in [1.29, 1.82) is 0 Å². The van der Waals surface area contributed by atoms with Gasteiger partial charge in [-0.05, 0) is 56.5 Å². The summed E-state index contributed by atoms with van der Waals surface area (Å²) in [6, 6.07) is 5.04. The third-order valence-corrected chi connectivity index (χ3v) is 5.84. The number of furan rings is 1. The van der Waals surface area contributed by atoms with Crippen molar-refractivity contribution in [2.45, 2.75) is 52.1 Å². The Morgan fingerprint density at radius 3 is 2.70 bits per heavy atom. The Balaban J connectivity index is 1.54. The van der Waals surface area contributed by atoms with Crippen LogP contribution in [0.4, 0.5) is 4.79 Å². The first kappa shape index (κ1) is 20.0. The van der Waals surface area contributed by atoms with E-state index in [-0.39, 0.29) is 18.0 Å². The van der Waals surface area contributed by atoms with Gasteiger partial charge in [0, 0.05) is 17.4 Å². The summed E-state index contributed by atoms with van der Waals surface area (Å²) in [5.41, 5.74) is 3.41. The number of methoxy groups -OCH3 is 1. The molecule has 0 bridgehead atoms. The lowest BCUT2D eigenvalue weighted by Crippen LogP contribution is -2.30. The number of imide groups is 1. The predicted molar refractivity (Wildman–Crippen MR) is 109 cm³/mol. The van der Waals surface area contributed by atoms with Crippen LogP contribution in [-0.4, -0.2) is 34.5 Å². The smallest absolute Gasteiger partial charge is 0.373 e. The number of urea groups is 1. The molecule has 2 aromatic rings. The molecule has 2 aliphatic rings. The van der Waals surface area contributed by atoms with Crippen molar-refractivity contribution < 1.29 is 23.5 Å². The molecule has 8 nitrogen and oxygen atoms in total. The van der Waals surface area contributed by atoms with Crippen LogP contribution >= 0.6 is 0 Å². The van der Waals surface area contributed by atoms with Gasteiger partial charge in [0.05, 0.1) is 13.7 Å². The second kappa shape index (κ2) is 7.85. The van der Waals surface area contributed by atoms with E-state index in [4.69, 9.17) is 4.42 Å². The largest absolute Gasteiger partial charge is 0.463 e. The van der Waals surface area contributed by atoms with E-state index >= 15 is 0 Å². The lowest BCUT2D eigenvalue weighted by atomic mass is 10.2.